The molecule has 10 nitrogen and oxygen atoms in total. The van der Waals surface area contributed by atoms with E-state index in [2.05, 4.69) is 16.0 Å². The highest BCUT2D eigenvalue weighted by atomic mass is 32.2. The van der Waals surface area contributed by atoms with Gasteiger partial charge in [-0.05, 0) is 73.7 Å². The number of benzene rings is 3. The standard InChI is InChI=1S/C30H25N3O7S/c1-18(27(35)32-21-11-14-26(34)24(16-21)30(38)39)41-23-12-9-20(10-13-23)31-29(37)25(17-22-8-5-15-40-22)33-28(36)19-6-3-2-4-7-19/h2-18,34H,1H3,(H,31,37)(H,32,35)(H,33,36)(H,38,39)/b25-17-. The van der Waals surface area contributed by atoms with Crippen LogP contribution in [0.2, 0.25) is 0 Å². The number of hydrogen-bond acceptors (Lipinski definition) is 7. The molecule has 0 radical (unpaired) electrons. The first kappa shape index (κ1) is 28.7. The highest BCUT2D eigenvalue weighted by molar-refractivity contribution is 8.00. The van der Waals surface area contributed by atoms with Crippen molar-refractivity contribution in [1.29, 1.82) is 0 Å². The van der Waals surface area contributed by atoms with Crippen LogP contribution in [0.4, 0.5) is 11.4 Å². The molecule has 11 heteroatoms. The second kappa shape index (κ2) is 13.2. The molecule has 5 N–H and O–H groups in total. The maximum atomic E-state index is 13.1. The van der Waals surface area contributed by atoms with Gasteiger partial charge in [-0.1, -0.05) is 18.2 Å². The number of thioether (sulfide) groups is 1. The Morgan fingerprint density at radius 2 is 1.59 bits per heavy atom. The lowest BCUT2D eigenvalue weighted by molar-refractivity contribution is -0.115. The zero-order valence-electron chi connectivity index (χ0n) is 21.7. The average Bonchev–Trinajstić information content (AvgIpc) is 3.48. The second-order valence-corrected chi connectivity index (χ2v) is 10.1. The van der Waals surface area contributed by atoms with E-state index in [4.69, 9.17) is 9.52 Å². The zero-order chi connectivity index (χ0) is 29.4. The predicted octanol–water partition coefficient (Wildman–Crippen LogP) is 5.21. The van der Waals surface area contributed by atoms with Gasteiger partial charge in [-0.2, -0.15) is 0 Å². The van der Waals surface area contributed by atoms with E-state index >= 15 is 0 Å². The van der Waals surface area contributed by atoms with Gasteiger partial charge < -0.3 is 30.6 Å². The van der Waals surface area contributed by atoms with Crippen LogP contribution in [0.5, 0.6) is 5.75 Å². The summed E-state index contributed by atoms with van der Waals surface area (Å²) in [6.07, 6.45) is 2.88. The van der Waals surface area contributed by atoms with Crippen molar-refractivity contribution in [1.82, 2.24) is 5.32 Å². The van der Waals surface area contributed by atoms with Crippen LogP contribution in [-0.2, 0) is 9.59 Å². The van der Waals surface area contributed by atoms with E-state index in [1.165, 1.54) is 42.3 Å². The Morgan fingerprint density at radius 3 is 2.24 bits per heavy atom. The van der Waals surface area contributed by atoms with Gasteiger partial charge in [-0.15, -0.1) is 11.8 Å². The molecular formula is C30H25N3O7S. The lowest BCUT2D eigenvalue weighted by Crippen LogP contribution is -2.30. The SMILES string of the molecule is CC(Sc1ccc(NC(=O)/C(=C/c2ccco2)NC(=O)c2ccccc2)cc1)C(=O)Nc1ccc(O)c(C(=O)O)c1. The molecular weight excluding hydrogens is 546 g/mol. The molecule has 208 valence electrons. The quantitative estimate of drug-likeness (QED) is 0.0986. The third-order valence-electron chi connectivity index (χ3n) is 5.65. The molecule has 1 atom stereocenters. The number of carbonyl (C=O) groups excluding carboxylic acids is 3. The number of carboxylic acids is 1. The van der Waals surface area contributed by atoms with E-state index in [1.54, 1.807) is 73.7 Å². The normalized spacial score (nSPS) is 11.8. The summed E-state index contributed by atoms with van der Waals surface area (Å²) in [7, 11) is 0. The number of aromatic hydroxyl groups is 1. The maximum absolute atomic E-state index is 13.1. The Balaban J connectivity index is 1.39. The minimum absolute atomic E-state index is 0.0159. The Morgan fingerprint density at radius 1 is 0.878 bits per heavy atom. The van der Waals surface area contributed by atoms with Crippen LogP contribution in [0.3, 0.4) is 0 Å². The molecule has 0 saturated carbocycles. The monoisotopic (exact) mass is 571 g/mol. The van der Waals surface area contributed by atoms with Crippen molar-refractivity contribution in [2.45, 2.75) is 17.1 Å². The fourth-order valence-corrected chi connectivity index (χ4v) is 4.43. The number of rotatable bonds is 10. The van der Waals surface area contributed by atoms with Crippen LogP contribution in [0.1, 0.15) is 33.4 Å². The number of hydrogen-bond donors (Lipinski definition) is 5. The van der Waals surface area contributed by atoms with Crippen LogP contribution < -0.4 is 16.0 Å². The lowest BCUT2D eigenvalue weighted by atomic mass is 10.2. The van der Waals surface area contributed by atoms with Crippen molar-refractivity contribution in [3.63, 3.8) is 0 Å². The van der Waals surface area contributed by atoms with E-state index in [0.29, 0.717) is 17.0 Å². The van der Waals surface area contributed by atoms with Gasteiger partial charge in [-0.3, -0.25) is 14.4 Å². The number of nitrogens with one attached hydrogen (secondary N) is 3. The van der Waals surface area contributed by atoms with Gasteiger partial charge in [0.25, 0.3) is 11.8 Å². The molecule has 3 amide bonds. The van der Waals surface area contributed by atoms with Crippen LogP contribution in [0.25, 0.3) is 6.08 Å². The molecule has 0 spiro atoms. The highest BCUT2D eigenvalue weighted by Gasteiger charge is 2.18. The first-order valence-electron chi connectivity index (χ1n) is 12.3. The third-order valence-corrected chi connectivity index (χ3v) is 6.76. The molecule has 0 aliphatic carbocycles. The van der Waals surface area contributed by atoms with Gasteiger partial charge in [0.2, 0.25) is 5.91 Å². The number of aromatic carboxylic acids is 1. The summed E-state index contributed by atoms with van der Waals surface area (Å²) >= 11 is 1.26. The number of anilines is 2. The van der Waals surface area contributed by atoms with Crippen LogP contribution >= 0.6 is 11.8 Å². The van der Waals surface area contributed by atoms with Gasteiger partial charge in [-0.25, -0.2) is 4.79 Å². The van der Waals surface area contributed by atoms with E-state index in [-0.39, 0.29) is 22.9 Å². The van der Waals surface area contributed by atoms with Crippen LogP contribution in [0.15, 0.2) is 106 Å². The molecule has 1 unspecified atom stereocenters. The molecule has 0 aliphatic rings. The Labute approximate surface area is 239 Å². The molecule has 1 aromatic heterocycles. The Kier molecular flexibility index (Phi) is 9.23. The molecule has 4 rings (SSSR count). The number of phenols is 1. The van der Waals surface area contributed by atoms with E-state index in [0.717, 1.165) is 4.90 Å². The first-order chi connectivity index (χ1) is 19.7. The summed E-state index contributed by atoms with van der Waals surface area (Å²) in [6, 6.07) is 22.4. The molecule has 4 aromatic rings. The van der Waals surface area contributed by atoms with Crippen molar-refractivity contribution < 1.29 is 33.8 Å². The summed E-state index contributed by atoms with van der Waals surface area (Å²) in [5.41, 5.74) is 0.757. The van der Waals surface area contributed by atoms with Crippen LogP contribution in [-0.4, -0.2) is 39.2 Å². The topological polar surface area (TPSA) is 158 Å². The summed E-state index contributed by atoms with van der Waals surface area (Å²) < 4.78 is 5.30. The van der Waals surface area contributed by atoms with Crippen molar-refractivity contribution in [2.75, 3.05) is 10.6 Å². The molecule has 41 heavy (non-hydrogen) atoms. The van der Waals surface area contributed by atoms with Gasteiger partial charge >= 0.3 is 5.97 Å². The number of carboxylic acid groups (broad SMARTS) is 1. The fourth-order valence-electron chi connectivity index (χ4n) is 3.56. The predicted molar refractivity (Wildman–Crippen MR) is 155 cm³/mol. The maximum Gasteiger partial charge on any atom is 0.339 e. The molecule has 0 bridgehead atoms. The minimum atomic E-state index is -1.31. The zero-order valence-corrected chi connectivity index (χ0v) is 22.5. The molecule has 0 aliphatic heterocycles. The summed E-state index contributed by atoms with van der Waals surface area (Å²) in [5.74, 6) is -2.70. The van der Waals surface area contributed by atoms with Crippen molar-refractivity contribution in [2.24, 2.45) is 0 Å². The van der Waals surface area contributed by atoms with Gasteiger partial charge in [0.05, 0.1) is 11.5 Å². The van der Waals surface area contributed by atoms with E-state index in [9.17, 15) is 24.3 Å². The Hall–Kier alpha value is -5.29. The van der Waals surface area contributed by atoms with Gasteiger partial charge in [0.1, 0.15) is 22.8 Å². The van der Waals surface area contributed by atoms with Crippen molar-refractivity contribution in [3.8, 4) is 5.75 Å². The molecule has 0 fully saturated rings. The minimum Gasteiger partial charge on any atom is -0.507 e. The largest absolute Gasteiger partial charge is 0.507 e. The van der Waals surface area contributed by atoms with Crippen molar-refractivity contribution in [3.05, 3.63) is 114 Å². The molecule has 3 aromatic carbocycles. The number of furan rings is 1. The van der Waals surface area contributed by atoms with Crippen LogP contribution in [0, 0.1) is 0 Å². The number of carbonyl (C=O) groups is 4. The first-order valence-corrected chi connectivity index (χ1v) is 13.1. The smallest absolute Gasteiger partial charge is 0.339 e. The van der Waals surface area contributed by atoms with Gasteiger partial charge in [0.15, 0.2) is 0 Å². The lowest BCUT2D eigenvalue weighted by Gasteiger charge is -2.14. The van der Waals surface area contributed by atoms with Crippen molar-refractivity contribution >= 4 is 52.9 Å². The summed E-state index contributed by atoms with van der Waals surface area (Å²) in [4.78, 5) is 50.4. The van der Waals surface area contributed by atoms with E-state index < -0.39 is 28.8 Å². The van der Waals surface area contributed by atoms with E-state index in [1.807, 2.05) is 0 Å². The van der Waals surface area contributed by atoms with Gasteiger partial charge in [0, 0.05) is 27.9 Å². The highest BCUT2D eigenvalue weighted by Crippen LogP contribution is 2.27. The summed E-state index contributed by atoms with van der Waals surface area (Å²) in [6.45, 7) is 1.69. The average molecular weight is 572 g/mol. The third kappa shape index (κ3) is 7.87. The molecule has 1 heterocycles. The fraction of sp³-hybridized carbons (Fsp3) is 0.0667. The summed E-state index contributed by atoms with van der Waals surface area (Å²) in [5, 5.41) is 26.3. The number of amides is 3. The molecule has 0 saturated heterocycles. The second-order valence-electron chi connectivity index (χ2n) is 8.66. The Bertz CT molecular complexity index is 1580.